The summed E-state index contributed by atoms with van der Waals surface area (Å²) in [5, 5.41) is 0. The van der Waals surface area contributed by atoms with Gasteiger partial charge < -0.3 is 24.0 Å². The van der Waals surface area contributed by atoms with Gasteiger partial charge in [-0.05, 0) is 43.4 Å². The third kappa shape index (κ3) is 4.95. The van der Waals surface area contributed by atoms with E-state index in [9.17, 15) is 9.59 Å². The van der Waals surface area contributed by atoms with E-state index in [0.717, 1.165) is 25.8 Å². The minimum atomic E-state index is -0.0417. The molecule has 28 heavy (non-hydrogen) atoms. The van der Waals surface area contributed by atoms with Gasteiger partial charge >= 0.3 is 0 Å². The zero-order chi connectivity index (χ0) is 19.9. The number of piperidine rings is 1. The number of methoxy groups -OCH3 is 2. The summed E-state index contributed by atoms with van der Waals surface area (Å²) in [4.78, 5) is 29.2. The Labute approximate surface area is 166 Å². The molecule has 0 spiro atoms. The largest absolute Gasteiger partial charge is 0.497 e. The maximum atomic E-state index is 13.1. The fourth-order valence-electron chi connectivity index (χ4n) is 3.94. The molecular formula is C21H30N2O5. The number of nitrogens with zero attached hydrogens (tertiary/aromatic N) is 2. The molecule has 2 amide bonds. The van der Waals surface area contributed by atoms with Crippen LogP contribution in [0, 0.1) is 5.92 Å². The molecule has 1 atom stereocenters. The van der Waals surface area contributed by atoms with Crippen LogP contribution in [0.3, 0.4) is 0 Å². The van der Waals surface area contributed by atoms with Gasteiger partial charge in [0.25, 0.3) is 5.91 Å². The summed E-state index contributed by atoms with van der Waals surface area (Å²) in [7, 11) is 3.15. The summed E-state index contributed by atoms with van der Waals surface area (Å²) in [5.41, 5.74) is 0.520. The summed E-state index contributed by atoms with van der Waals surface area (Å²) in [6.45, 7) is 4.02. The van der Waals surface area contributed by atoms with Crippen LogP contribution in [0.25, 0.3) is 0 Å². The molecule has 0 aliphatic carbocycles. The van der Waals surface area contributed by atoms with E-state index in [0.29, 0.717) is 62.2 Å². The van der Waals surface area contributed by atoms with Crippen LogP contribution in [0.15, 0.2) is 18.2 Å². The van der Waals surface area contributed by atoms with E-state index in [2.05, 4.69) is 0 Å². The van der Waals surface area contributed by atoms with Crippen molar-refractivity contribution in [2.75, 3.05) is 53.6 Å². The second-order valence-electron chi connectivity index (χ2n) is 7.36. The van der Waals surface area contributed by atoms with E-state index in [-0.39, 0.29) is 11.8 Å². The number of benzene rings is 1. The minimum Gasteiger partial charge on any atom is -0.497 e. The Kier molecular flexibility index (Phi) is 7.14. The van der Waals surface area contributed by atoms with Crippen molar-refractivity contribution in [2.45, 2.75) is 25.7 Å². The van der Waals surface area contributed by atoms with Gasteiger partial charge in [0.1, 0.15) is 11.5 Å². The summed E-state index contributed by atoms with van der Waals surface area (Å²) in [6.07, 6.45) is 3.36. The lowest BCUT2D eigenvalue weighted by Gasteiger charge is -2.34. The van der Waals surface area contributed by atoms with Crippen LogP contribution in [0.2, 0.25) is 0 Å². The van der Waals surface area contributed by atoms with Crippen LogP contribution in [0.4, 0.5) is 0 Å². The lowest BCUT2D eigenvalue weighted by molar-refractivity contribution is -0.135. The van der Waals surface area contributed by atoms with Crippen molar-refractivity contribution < 1.29 is 23.8 Å². The first-order chi connectivity index (χ1) is 13.6. The number of ether oxygens (including phenoxy) is 3. The standard InChI is InChI=1S/C21H30N2O5/c1-26-17-6-7-19(27-2)18(14-17)21(25)23-9-3-4-16(15-23)5-8-20(24)22-10-12-28-13-11-22/h6-7,14,16H,3-5,8-13,15H2,1-2H3/t16-/m1/s1. The van der Waals surface area contributed by atoms with Gasteiger partial charge in [0, 0.05) is 32.6 Å². The molecule has 0 bridgehead atoms. The van der Waals surface area contributed by atoms with Gasteiger partial charge in [-0.3, -0.25) is 9.59 Å². The number of carbonyl (C=O) groups excluding carboxylic acids is 2. The Morgan fingerprint density at radius 3 is 2.61 bits per heavy atom. The van der Waals surface area contributed by atoms with Crippen LogP contribution in [-0.2, 0) is 9.53 Å². The summed E-state index contributed by atoms with van der Waals surface area (Å²) < 4.78 is 15.9. The lowest BCUT2D eigenvalue weighted by atomic mass is 9.92. The van der Waals surface area contributed by atoms with E-state index in [4.69, 9.17) is 14.2 Å². The van der Waals surface area contributed by atoms with Gasteiger partial charge in [-0.2, -0.15) is 0 Å². The van der Waals surface area contributed by atoms with Gasteiger partial charge in [0.2, 0.25) is 5.91 Å². The molecule has 0 radical (unpaired) electrons. The zero-order valence-electron chi connectivity index (χ0n) is 16.8. The van der Waals surface area contributed by atoms with Crippen LogP contribution in [0.5, 0.6) is 11.5 Å². The molecule has 2 saturated heterocycles. The molecule has 0 unspecified atom stereocenters. The molecule has 7 heteroatoms. The highest BCUT2D eigenvalue weighted by Crippen LogP contribution is 2.28. The molecule has 154 valence electrons. The first kappa shape index (κ1) is 20.5. The third-order valence-corrected chi connectivity index (χ3v) is 5.57. The van der Waals surface area contributed by atoms with Gasteiger partial charge in [-0.15, -0.1) is 0 Å². The second-order valence-corrected chi connectivity index (χ2v) is 7.36. The third-order valence-electron chi connectivity index (χ3n) is 5.57. The predicted octanol–water partition coefficient (Wildman–Crippen LogP) is 2.20. The molecule has 1 aromatic carbocycles. The van der Waals surface area contributed by atoms with Crippen molar-refractivity contribution in [1.82, 2.24) is 9.80 Å². The van der Waals surface area contributed by atoms with Crippen molar-refractivity contribution in [3.63, 3.8) is 0 Å². The van der Waals surface area contributed by atoms with Crippen LogP contribution in [0.1, 0.15) is 36.0 Å². The van der Waals surface area contributed by atoms with Gasteiger partial charge in [-0.1, -0.05) is 0 Å². The van der Waals surface area contributed by atoms with Crippen molar-refractivity contribution in [1.29, 1.82) is 0 Å². The van der Waals surface area contributed by atoms with Gasteiger partial charge in [0.05, 0.1) is 33.0 Å². The van der Waals surface area contributed by atoms with E-state index in [1.807, 2.05) is 9.80 Å². The fraction of sp³-hybridized carbons (Fsp3) is 0.619. The SMILES string of the molecule is COc1ccc(OC)c(C(=O)N2CCC[C@H](CCC(=O)N3CCOCC3)C2)c1. The number of rotatable bonds is 6. The number of likely N-dealkylation sites (tertiary alicyclic amines) is 1. The summed E-state index contributed by atoms with van der Waals surface area (Å²) in [5.74, 6) is 1.68. The smallest absolute Gasteiger partial charge is 0.257 e. The van der Waals surface area contributed by atoms with Crippen LogP contribution < -0.4 is 9.47 Å². The Balaban J connectivity index is 1.58. The summed E-state index contributed by atoms with van der Waals surface area (Å²) in [6, 6.07) is 5.27. The molecule has 2 aliphatic rings. The lowest BCUT2D eigenvalue weighted by Crippen LogP contribution is -2.42. The van der Waals surface area contributed by atoms with Gasteiger partial charge in [-0.25, -0.2) is 0 Å². The Morgan fingerprint density at radius 2 is 1.89 bits per heavy atom. The molecule has 2 aliphatic heterocycles. The first-order valence-electron chi connectivity index (χ1n) is 9.99. The van der Waals surface area contributed by atoms with E-state index < -0.39 is 0 Å². The zero-order valence-corrected chi connectivity index (χ0v) is 16.8. The van der Waals surface area contributed by atoms with Crippen LogP contribution in [-0.4, -0.2) is 75.2 Å². The van der Waals surface area contributed by atoms with E-state index in [1.165, 1.54) is 0 Å². The van der Waals surface area contributed by atoms with E-state index in [1.54, 1.807) is 32.4 Å². The molecule has 3 rings (SSSR count). The maximum Gasteiger partial charge on any atom is 0.257 e. The Morgan fingerprint density at radius 1 is 1.11 bits per heavy atom. The number of amides is 2. The number of carbonyl (C=O) groups is 2. The molecule has 7 nitrogen and oxygen atoms in total. The van der Waals surface area contributed by atoms with Crippen molar-refractivity contribution in [2.24, 2.45) is 5.92 Å². The average Bonchev–Trinajstić information content (AvgIpc) is 2.77. The fourth-order valence-corrected chi connectivity index (χ4v) is 3.94. The molecule has 2 heterocycles. The second kappa shape index (κ2) is 9.78. The first-order valence-corrected chi connectivity index (χ1v) is 9.99. The number of hydrogen-bond acceptors (Lipinski definition) is 5. The molecule has 2 fully saturated rings. The van der Waals surface area contributed by atoms with Crippen molar-refractivity contribution in [3.8, 4) is 11.5 Å². The molecule has 1 aromatic rings. The molecule has 0 N–H and O–H groups in total. The topological polar surface area (TPSA) is 68.3 Å². The molecule has 0 aromatic heterocycles. The quantitative estimate of drug-likeness (QED) is 0.745. The predicted molar refractivity (Wildman–Crippen MR) is 105 cm³/mol. The minimum absolute atomic E-state index is 0.0417. The Bertz CT molecular complexity index is 687. The molecular weight excluding hydrogens is 360 g/mol. The highest BCUT2D eigenvalue weighted by molar-refractivity contribution is 5.97. The van der Waals surface area contributed by atoms with Crippen molar-refractivity contribution >= 4 is 11.8 Å². The maximum absolute atomic E-state index is 13.1. The highest BCUT2D eigenvalue weighted by atomic mass is 16.5. The number of morpholine rings is 1. The number of hydrogen-bond donors (Lipinski definition) is 0. The van der Waals surface area contributed by atoms with E-state index >= 15 is 0 Å². The van der Waals surface area contributed by atoms with Crippen molar-refractivity contribution in [3.05, 3.63) is 23.8 Å². The highest BCUT2D eigenvalue weighted by Gasteiger charge is 2.27. The van der Waals surface area contributed by atoms with Gasteiger partial charge in [0.15, 0.2) is 0 Å². The molecule has 0 saturated carbocycles. The monoisotopic (exact) mass is 390 g/mol. The normalized spacial score (nSPS) is 20.0. The Hall–Kier alpha value is -2.28. The summed E-state index contributed by atoms with van der Waals surface area (Å²) >= 11 is 0. The van der Waals surface area contributed by atoms with Crippen LogP contribution >= 0.6 is 0 Å². The average molecular weight is 390 g/mol.